The van der Waals surface area contributed by atoms with Gasteiger partial charge in [0.1, 0.15) is 0 Å². The molecule has 1 fully saturated rings. The maximum absolute atomic E-state index is 12.8. The number of rotatable bonds is 5. The molecule has 154 valence electrons. The summed E-state index contributed by atoms with van der Waals surface area (Å²) in [4.78, 5) is 29.9. The van der Waals surface area contributed by atoms with Crippen molar-refractivity contribution in [3.8, 4) is 0 Å². The largest absolute Gasteiger partial charge is 0.393 e. The number of aromatic amines is 1. The van der Waals surface area contributed by atoms with Crippen LogP contribution >= 0.6 is 0 Å². The van der Waals surface area contributed by atoms with Crippen molar-refractivity contribution in [3.63, 3.8) is 0 Å². The third-order valence-electron chi connectivity index (χ3n) is 5.84. The number of amides is 1. The van der Waals surface area contributed by atoms with Crippen molar-refractivity contribution in [3.05, 3.63) is 52.2 Å². The fourth-order valence-electron chi connectivity index (χ4n) is 4.16. The fourth-order valence-corrected chi connectivity index (χ4v) is 4.16. The van der Waals surface area contributed by atoms with Gasteiger partial charge in [-0.3, -0.25) is 14.0 Å². The zero-order chi connectivity index (χ0) is 20.5. The molecule has 0 atom stereocenters. The highest BCUT2D eigenvalue weighted by atomic mass is 16.3. The monoisotopic (exact) mass is 397 g/mol. The number of hydrogen-bond acceptors (Lipinski definition) is 4. The van der Waals surface area contributed by atoms with Crippen molar-refractivity contribution in [1.82, 2.24) is 24.2 Å². The van der Waals surface area contributed by atoms with Crippen LogP contribution in [0, 0.1) is 0 Å². The number of H-pyrrole nitrogens is 1. The maximum Gasteiger partial charge on any atom is 0.326 e. The van der Waals surface area contributed by atoms with E-state index >= 15 is 0 Å². The Balaban J connectivity index is 1.51. The van der Waals surface area contributed by atoms with E-state index in [1.54, 1.807) is 33.3 Å². The highest BCUT2D eigenvalue weighted by Crippen LogP contribution is 2.30. The first-order valence-corrected chi connectivity index (χ1v) is 10.1. The van der Waals surface area contributed by atoms with Gasteiger partial charge in [0.25, 0.3) is 5.91 Å². The van der Waals surface area contributed by atoms with E-state index in [1.165, 1.54) is 0 Å². The molecule has 8 heteroatoms. The summed E-state index contributed by atoms with van der Waals surface area (Å²) in [5.74, 6) is -0.0785. The number of carbonyl (C=O) groups excluding carboxylic acids is 1. The zero-order valence-corrected chi connectivity index (χ0v) is 16.8. The molecule has 0 saturated heterocycles. The minimum atomic E-state index is -0.265. The van der Waals surface area contributed by atoms with Crippen LogP contribution in [-0.4, -0.2) is 54.9 Å². The van der Waals surface area contributed by atoms with Crippen LogP contribution in [0.25, 0.3) is 11.0 Å². The topological polar surface area (TPSA) is 96.2 Å². The molecule has 2 aromatic heterocycles. The van der Waals surface area contributed by atoms with Crippen LogP contribution in [0.5, 0.6) is 0 Å². The summed E-state index contributed by atoms with van der Waals surface area (Å²) >= 11 is 0. The number of carbonyl (C=O) groups is 1. The molecular formula is C21H27N5O3. The van der Waals surface area contributed by atoms with Crippen molar-refractivity contribution in [2.24, 2.45) is 7.05 Å². The van der Waals surface area contributed by atoms with Crippen LogP contribution in [0.15, 0.2) is 35.4 Å². The Kier molecular flexibility index (Phi) is 5.27. The predicted molar refractivity (Wildman–Crippen MR) is 110 cm³/mol. The highest BCUT2D eigenvalue weighted by molar-refractivity contribution is 5.97. The molecule has 0 radical (unpaired) electrons. The van der Waals surface area contributed by atoms with E-state index in [-0.39, 0.29) is 23.7 Å². The Bertz CT molecular complexity index is 1070. The molecule has 1 aliphatic rings. The Morgan fingerprint density at radius 2 is 2.07 bits per heavy atom. The lowest BCUT2D eigenvalue weighted by Crippen LogP contribution is -2.28. The van der Waals surface area contributed by atoms with Crippen molar-refractivity contribution in [1.29, 1.82) is 0 Å². The van der Waals surface area contributed by atoms with Gasteiger partial charge in [0.05, 0.1) is 23.3 Å². The molecule has 4 rings (SSSR count). The van der Waals surface area contributed by atoms with Gasteiger partial charge in [-0.1, -0.05) is 0 Å². The van der Waals surface area contributed by atoms with Gasteiger partial charge in [-0.25, -0.2) is 4.79 Å². The normalized spacial score (nSPS) is 19.6. The second-order valence-electron chi connectivity index (χ2n) is 7.99. The molecule has 0 spiro atoms. The van der Waals surface area contributed by atoms with Crippen molar-refractivity contribution in [2.75, 3.05) is 13.6 Å². The number of aryl methyl sites for hydroxylation is 1. The Labute approximate surface area is 168 Å². The van der Waals surface area contributed by atoms with E-state index in [1.807, 2.05) is 25.5 Å². The number of likely N-dealkylation sites (N-methyl/N-ethyl adjacent to an activating group) is 1. The Morgan fingerprint density at radius 3 is 2.76 bits per heavy atom. The van der Waals surface area contributed by atoms with E-state index in [0.717, 1.165) is 30.3 Å². The lowest BCUT2D eigenvalue weighted by atomic mass is 9.93. The minimum absolute atomic E-state index is 0.0785. The third kappa shape index (κ3) is 3.98. The molecule has 2 N–H and O–H groups in total. The van der Waals surface area contributed by atoms with E-state index in [2.05, 4.69) is 10.1 Å². The standard InChI is InChI=1S/C21H27N5O3/c1-24(10-9-14-12-22-25(2)13-14)20(28)15-3-8-19-18(11-15)23-21(29)26(19)16-4-6-17(27)7-5-16/h3,8,11-13,16-17,27H,4-7,9-10H2,1-2H3,(H,23,29). The summed E-state index contributed by atoms with van der Waals surface area (Å²) in [6.07, 6.45) is 7.21. The predicted octanol–water partition coefficient (Wildman–Crippen LogP) is 1.85. The molecule has 29 heavy (non-hydrogen) atoms. The van der Waals surface area contributed by atoms with E-state index in [0.29, 0.717) is 30.5 Å². The second-order valence-corrected chi connectivity index (χ2v) is 7.99. The molecule has 0 unspecified atom stereocenters. The number of fused-ring (bicyclic) bond motifs is 1. The Hall–Kier alpha value is -2.87. The van der Waals surface area contributed by atoms with Gasteiger partial charge < -0.3 is 15.0 Å². The molecule has 3 aromatic rings. The van der Waals surface area contributed by atoms with E-state index in [9.17, 15) is 14.7 Å². The van der Waals surface area contributed by atoms with E-state index < -0.39 is 0 Å². The molecule has 1 saturated carbocycles. The van der Waals surface area contributed by atoms with Gasteiger partial charge in [-0.2, -0.15) is 5.10 Å². The molecular weight excluding hydrogens is 370 g/mol. The number of nitrogens with one attached hydrogen (secondary N) is 1. The van der Waals surface area contributed by atoms with E-state index in [4.69, 9.17) is 0 Å². The van der Waals surface area contributed by atoms with Crippen molar-refractivity contribution in [2.45, 2.75) is 44.2 Å². The van der Waals surface area contributed by atoms with Gasteiger partial charge >= 0.3 is 5.69 Å². The fraction of sp³-hybridized carbons (Fsp3) is 0.476. The number of benzene rings is 1. The average Bonchev–Trinajstić information content (AvgIpc) is 3.27. The second kappa shape index (κ2) is 7.87. The van der Waals surface area contributed by atoms with Gasteiger partial charge in [-0.15, -0.1) is 0 Å². The van der Waals surface area contributed by atoms with Crippen LogP contribution in [-0.2, 0) is 13.5 Å². The number of imidazole rings is 1. The van der Waals surface area contributed by atoms with Gasteiger partial charge in [0.2, 0.25) is 0 Å². The SMILES string of the molecule is CN(CCc1cnn(C)c1)C(=O)c1ccc2c(c1)[nH]c(=O)n2C1CCC(O)CC1. The molecule has 2 heterocycles. The molecule has 0 bridgehead atoms. The molecule has 8 nitrogen and oxygen atoms in total. The summed E-state index contributed by atoms with van der Waals surface area (Å²) in [6, 6.07) is 5.48. The molecule has 1 aliphatic carbocycles. The first-order chi connectivity index (χ1) is 13.9. The van der Waals surface area contributed by atoms with Crippen molar-refractivity contribution < 1.29 is 9.90 Å². The summed E-state index contributed by atoms with van der Waals surface area (Å²) < 4.78 is 3.53. The van der Waals surface area contributed by atoms with Crippen LogP contribution in [0.1, 0.15) is 47.6 Å². The van der Waals surface area contributed by atoms with Gasteiger partial charge in [-0.05, 0) is 55.9 Å². The van der Waals surface area contributed by atoms with Crippen LogP contribution < -0.4 is 5.69 Å². The molecule has 1 amide bonds. The number of nitrogens with zero attached hydrogens (tertiary/aromatic N) is 4. The van der Waals surface area contributed by atoms with Gasteiger partial charge in [0, 0.05) is 38.4 Å². The molecule has 0 aliphatic heterocycles. The summed E-state index contributed by atoms with van der Waals surface area (Å²) in [5, 5.41) is 13.9. The zero-order valence-electron chi connectivity index (χ0n) is 16.8. The highest BCUT2D eigenvalue weighted by Gasteiger charge is 2.24. The van der Waals surface area contributed by atoms with Gasteiger partial charge in [0.15, 0.2) is 0 Å². The Morgan fingerprint density at radius 1 is 1.31 bits per heavy atom. The van der Waals surface area contributed by atoms with Crippen LogP contribution in [0.3, 0.4) is 0 Å². The quantitative estimate of drug-likeness (QED) is 0.687. The van der Waals surface area contributed by atoms with Crippen LogP contribution in [0.4, 0.5) is 0 Å². The first kappa shape index (κ1) is 19.4. The lowest BCUT2D eigenvalue weighted by Gasteiger charge is -2.26. The summed E-state index contributed by atoms with van der Waals surface area (Å²) in [7, 11) is 3.65. The number of hydrogen-bond donors (Lipinski definition) is 2. The van der Waals surface area contributed by atoms with Crippen molar-refractivity contribution >= 4 is 16.9 Å². The summed E-state index contributed by atoms with van der Waals surface area (Å²) in [5.41, 5.74) is 2.97. The molecule has 1 aromatic carbocycles. The summed E-state index contributed by atoms with van der Waals surface area (Å²) in [6.45, 7) is 0.588. The average molecular weight is 397 g/mol. The maximum atomic E-state index is 12.8. The number of aromatic nitrogens is 4. The number of aliphatic hydroxyl groups is 1. The van der Waals surface area contributed by atoms with Crippen LogP contribution in [0.2, 0.25) is 0 Å². The smallest absolute Gasteiger partial charge is 0.326 e. The number of aliphatic hydroxyl groups excluding tert-OH is 1. The lowest BCUT2D eigenvalue weighted by molar-refractivity contribution is 0.0796. The minimum Gasteiger partial charge on any atom is -0.393 e. The first-order valence-electron chi connectivity index (χ1n) is 10.1. The third-order valence-corrected chi connectivity index (χ3v) is 5.84.